The Bertz CT molecular complexity index is 242. The standard InChI is InChI=1S/C7H17N.C7H16.C6H15N.C3H7N.C2H5N.C2H6/c1-4-6-8(3)7-5-2;1-3-5-7-6-4-2;1-4-6-7(3)5-2;1-3-4-2;1-2-3;1-2/h4-7H2,1-3H3;3-7H2,1-2H3;4-6H2,1-3H3;3H,1-2H3;2-3H,1H3;1-2H3. The van der Waals surface area contributed by atoms with Crippen LogP contribution >= 0.6 is 0 Å². The van der Waals surface area contributed by atoms with E-state index in [2.05, 4.69) is 70.4 Å². The Morgan fingerprint density at radius 2 is 0.935 bits per heavy atom. The average Bonchev–Trinajstić information content (AvgIpc) is 2.78. The maximum atomic E-state index is 6.08. The molecule has 4 nitrogen and oxygen atoms in total. The third-order valence-electron chi connectivity index (χ3n) is 3.82. The van der Waals surface area contributed by atoms with Gasteiger partial charge in [-0.1, -0.05) is 87.5 Å². The molecule has 0 aliphatic heterocycles. The summed E-state index contributed by atoms with van der Waals surface area (Å²) in [5.41, 5.74) is 0. The fraction of sp³-hybridized carbons (Fsp3) is 0.926. The molecule has 1 N–H and O–H groups in total. The lowest BCUT2D eigenvalue weighted by molar-refractivity contribution is 0.335. The summed E-state index contributed by atoms with van der Waals surface area (Å²) >= 11 is 0. The molecule has 0 saturated heterocycles. The van der Waals surface area contributed by atoms with Crippen molar-refractivity contribution in [2.75, 3.05) is 47.3 Å². The number of rotatable bonds is 11. The summed E-state index contributed by atoms with van der Waals surface area (Å²) in [4.78, 5) is 8.28. The lowest BCUT2D eigenvalue weighted by Crippen LogP contribution is -2.19. The van der Waals surface area contributed by atoms with E-state index >= 15 is 0 Å². The summed E-state index contributed by atoms with van der Waals surface area (Å²) in [5.74, 6) is 0. The Hall–Kier alpha value is -0.740. The Morgan fingerprint density at radius 3 is 1.10 bits per heavy atom. The van der Waals surface area contributed by atoms with Gasteiger partial charge in [0.25, 0.3) is 0 Å². The Morgan fingerprint density at radius 1 is 0.645 bits per heavy atom. The highest BCUT2D eigenvalue weighted by molar-refractivity contribution is 5.52. The van der Waals surface area contributed by atoms with Crippen LogP contribution in [0.4, 0.5) is 0 Å². The van der Waals surface area contributed by atoms with E-state index in [1.54, 1.807) is 20.2 Å². The molecule has 0 saturated carbocycles. The molecular weight excluding hydrogens is 380 g/mol. The molecule has 0 atom stereocenters. The Kier molecular flexibility index (Phi) is 80.8. The number of nitrogens with one attached hydrogen (secondary N) is 1. The third-order valence-corrected chi connectivity index (χ3v) is 3.82. The summed E-state index contributed by atoms with van der Waals surface area (Å²) in [6, 6.07) is 0. The van der Waals surface area contributed by atoms with Crippen LogP contribution in [0.1, 0.15) is 121 Å². The quantitative estimate of drug-likeness (QED) is 0.255. The third kappa shape index (κ3) is 93.4. The first-order chi connectivity index (χ1) is 14.9. The van der Waals surface area contributed by atoms with Crippen LogP contribution in [-0.4, -0.2) is 69.6 Å². The average molecular weight is 447 g/mol. The molecule has 4 heteroatoms. The molecule has 0 fully saturated rings. The molecule has 31 heavy (non-hydrogen) atoms. The predicted molar refractivity (Wildman–Crippen MR) is 152 cm³/mol. The topological polar surface area (TPSA) is 42.7 Å². The molecule has 0 amide bonds. The molecule has 0 aromatic rings. The van der Waals surface area contributed by atoms with Crippen molar-refractivity contribution < 1.29 is 0 Å². The second-order valence-electron chi connectivity index (χ2n) is 7.06. The van der Waals surface area contributed by atoms with Crippen LogP contribution in [0.3, 0.4) is 0 Å². The lowest BCUT2D eigenvalue weighted by atomic mass is 10.2. The molecule has 0 unspecified atom stereocenters. The van der Waals surface area contributed by atoms with Crippen molar-refractivity contribution in [2.45, 2.75) is 121 Å². The first-order valence-electron chi connectivity index (χ1n) is 13.1. The molecule has 0 rings (SSSR count). The van der Waals surface area contributed by atoms with Crippen LogP contribution in [-0.2, 0) is 0 Å². The van der Waals surface area contributed by atoms with Crippen LogP contribution in [0.15, 0.2) is 4.99 Å². The van der Waals surface area contributed by atoms with Crippen LogP contribution in [0.25, 0.3) is 0 Å². The first-order valence-corrected chi connectivity index (χ1v) is 13.1. The Balaban J connectivity index is -0.0000000638. The monoisotopic (exact) mass is 447 g/mol. The minimum Gasteiger partial charge on any atom is -0.313 e. The summed E-state index contributed by atoms with van der Waals surface area (Å²) in [6.07, 6.45) is 13.8. The zero-order valence-electron chi connectivity index (χ0n) is 24.5. The highest BCUT2D eigenvalue weighted by atomic mass is 15.1. The van der Waals surface area contributed by atoms with Crippen molar-refractivity contribution in [3.05, 3.63) is 0 Å². The number of aliphatic imine (C=N–C) groups is 1. The largest absolute Gasteiger partial charge is 0.313 e. The summed E-state index contributed by atoms with van der Waals surface area (Å²) in [5, 5.41) is 6.08. The van der Waals surface area contributed by atoms with Gasteiger partial charge in [-0.2, -0.15) is 0 Å². The highest BCUT2D eigenvalue weighted by Crippen LogP contribution is 2.00. The van der Waals surface area contributed by atoms with Gasteiger partial charge in [-0.15, -0.1) is 0 Å². The molecule has 0 aromatic heterocycles. The fourth-order valence-corrected chi connectivity index (χ4v) is 2.09. The van der Waals surface area contributed by atoms with Gasteiger partial charge >= 0.3 is 0 Å². The minimum absolute atomic E-state index is 1.17. The second kappa shape index (κ2) is 56.9. The smallest absolute Gasteiger partial charge is 0.0273 e. The van der Waals surface area contributed by atoms with Crippen LogP contribution in [0.5, 0.6) is 0 Å². The molecule has 0 aliphatic carbocycles. The van der Waals surface area contributed by atoms with E-state index in [0.29, 0.717) is 0 Å². The van der Waals surface area contributed by atoms with Crippen molar-refractivity contribution in [1.82, 2.24) is 9.80 Å². The summed E-state index contributed by atoms with van der Waals surface area (Å²) in [7, 11) is 6.07. The number of hydrogen-bond donors (Lipinski definition) is 1. The number of hydrogen-bond acceptors (Lipinski definition) is 4. The summed E-state index contributed by atoms with van der Waals surface area (Å²) < 4.78 is 0. The van der Waals surface area contributed by atoms with Gasteiger partial charge in [0.2, 0.25) is 0 Å². The van der Waals surface area contributed by atoms with E-state index in [1.807, 2.05) is 20.8 Å². The number of nitrogens with zero attached hydrogens (tertiary/aromatic N) is 3. The normalized spacial score (nSPS) is 9.00. The molecule has 0 bridgehead atoms. The maximum absolute atomic E-state index is 6.08. The Labute approximate surface area is 200 Å². The van der Waals surface area contributed by atoms with Gasteiger partial charge < -0.3 is 20.2 Å². The van der Waals surface area contributed by atoms with Gasteiger partial charge in [-0.25, -0.2) is 0 Å². The van der Waals surface area contributed by atoms with E-state index in [9.17, 15) is 0 Å². The van der Waals surface area contributed by atoms with Gasteiger partial charge in [0.1, 0.15) is 0 Å². The predicted octanol–water partition coefficient (Wildman–Crippen LogP) is 8.45. The number of unbranched alkanes of at least 4 members (excludes halogenated alkanes) is 4. The lowest BCUT2D eigenvalue weighted by Gasteiger charge is -2.12. The van der Waals surface area contributed by atoms with Gasteiger partial charge in [0, 0.05) is 7.05 Å². The van der Waals surface area contributed by atoms with Crippen LogP contribution in [0, 0.1) is 5.41 Å². The maximum Gasteiger partial charge on any atom is 0.0273 e. The zero-order chi connectivity index (χ0) is 25.8. The zero-order valence-corrected chi connectivity index (χ0v) is 24.5. The van der Waals surface area contributed by atoms with Crippen molar-refractivity contribution in [1.29, 1.82) is 5.41 Å². The van der Waals surface area contributed by atoms with Crippen molar-refractivity contribution in [3.8, 4) is 0 Å². The van der Waals surface area contributed by atoms with E-state index in [-0.39, 0.29) is 0 Å². The molecule has 0 aromatic carbocycles. The van der Waals surface area contributed by atoms with Crippen LogP contribution in [0.2, 0.25) is 0 Å². The molecular formula is C27H66N4. The van der Waals surface area contributed by atoms with Gasteiger partial charge in [-0.3, -0.25) is 0 Å². The SMILES string of the molecule is CC.CC=N.CC=NC.CCCCCCC.CCCN(C)CC.CCCN(C)CCC. The van der Waals surface area contributed by atoms with Crippen molar-refractivity contribution in [3.63, 3.8) is 0 Å². The van der Waals surface area contributed by atoms with Crippen molar-refractivity contribution in [2.24, 2.45) is 4.99 Å². The van der Waals surface area contributed by atoms with Gasteiger partial charge in [-0.05, 0) is 85.8 Å². The molecule has 194 valence electrons. The second-order valence-corrected chi connectivity index (χ2v) is 7.06. The molecule has 0 aliphatic rings. The molecule has 0 radical (unpaired) electrons. The van der Waals surface area contributed by atoms with E-state index < -0.39 is 0 Å². The summed E-state index contributed by atoms with van der Waals surface area (Å²) in [6.45, 7) is 25.7. The van der Waals surface area contributed by atoms with Gasteiger partial charge in [0.15, 0.2) is 0 Å². The first kappa shape index (κ1) is 44.0. The highest BCUT2D eigenvalue weighted by Gasteiger charge is 1.90. The van der Waals surface area contributed by atoms with Gasteiger partial charge in [0.05, 0.1) is 0 Å². The molecule has 0 heterocycles. The fourth-order valence-electron chi connectivity index (χ4n) is 2.09. The molecule has 0 spiro atoms. The van der Waals surface area contributed by atoms with E-state index in [0.717, 1.165) is 0 Å². The minimum atomic E-state index is 1.17. The van der Waals surface area contributed by atoms with Crippen LogP contribution < -0.4 is 0 Å². The van der Waals surface area contributed by atoms with E-state index in [4.69, 9.17) is 5.41 Å². The van der Waals surface area contributed by atoms with E-state index in [1.165, 1.54) is 83.8 Å². The van der Waals surface area contributed by atoms with Crippen molar-refractivity contribution >= 4 is 12.4 Å².